The summed E-state index contributed by atoms with van der Waals surface area (Å²) in [5.74, 6) is 0.980. The van der Waals surface area contributed by atoms with Crippen molar-refractivity contribution >= 4 is 54.6 Å². The third kappa shape index (κ3) is 3.66. The number of hydrogen-bond donors (Lipinski definition) is 0. The molecular weight excluding hydrogens is 621 g/mol. The number of nitrogens with zero attached hydrogens (tertiary/aromatic N) is 4. The van der Waals surface area contributed by atoms with Crippen LogP contribution in [0.1, 0.15) is 30.8 Å². The number of aryl methyl sites for hydroxylation is 1. The molecule has 242 valence electrons. The van der Waals surface area contributed by atoms with Crippen molar-refractivity contribution in [2.45, 2.75) is 26.2 Å². The van der Waals surface area contributed by atoms with Gasteiger partial charge in [-0.15, -0.1) is 0 Å². The van der Waals surface area contributed by atoms with Crippen LogP contribution in [0.15, 0.2) is 152 Å². The van der Waals surface area contributed by atoms with E-state index in [0.29, 0.717) is 0 Å². The first-order valence-electron chi connectivity index (χ1n) is 17.8. The normalized spacial score (nSPS) is 13.5. The Balaban J connectivity index is 1.33. The summed E-state index contributed by atoms with van der Waals surface area (Å²) in [5, 5.41) is 5.17. The van der Waals surface area contributed by atoms with Crippen molar-refractivity contribution in [3.05, 3.63) is 169 Å². The van der Waals surface area contributed by atoms with Gasteiger partial charge in [0, 0.05) is 49.6 Å². The highest BCUT2D eigenvalue weighted by molar-refractivity contribution is 6.31. The van der Waals surface area contributed by atoms with Crippen molar-refractivity contribution in [1.82, 2.24) is 18.7 Å². The molecule has 11 rings (SSSR count). The summed E-state index contributed by atoms with van der Waals surface area (Å²) in [6.45, 7) is 6.91. The first kappa shape index (κ1) is 28.4. The molecule has 0 fully saturated rings. The number of hydrogen-bond acceptors (Lipinski definition) is 1. The lowest BCUT2D eigenvalue weighted by molar-refractivity contribution is 0.667. The molecule has 0 N–H and O–H groups in total. The van der Waals surface area contributed by atoms with Gasteiger partial charge in [0.2, 0.25) is 0 Å². The first-order chi connectivity index (χ1) is 25.0. The summed E-state index contributed by atoms with van der Waals surface area (Å²) >= 11 is 0. The number of fused-ring (bicyclic) bond motifs is 13. The number of para-hydroxylation sites is 5. The molecule has 0 unspecified atom stereocenters. The van der Waals surface area contributed by atoms with Crippen LogP contribution in [0.25, 0.3) is 82.8 Å². The smallest absolute Gasteiger partial charge is 0.111 e. The van der Waals surface area contributed by atoms with Gasteiger partial charge in [-0.05, 0) is 84.3 Å². The SMILES string of the molecule is Cc1nc2ccccc2n1-c1ccc(-n2c3ccccc3c3c2c2c(c4c5ccccc5n(-c5ccccc5)c43)C(C)(C)c3ccccc3-2)cc1. The molecule has 1 aliphatic rings. The molecule has 7 aromatic carbocycles. The number of imidazole rings is 1. The standard InChI is InChI=1S/C47H34N4/c1-29-48-37-21-11-14-24-40(37)49(29)31-25-27-32(28-26-31)51-39-23-13-9-19-35(39)43-45(51)41-33-17-7-10-20-36(33)47(2,3)44(41)42-34-18-8-12-22-38(34)50(46(42)43)30-15-5-4-6-16-30/h4-28H,1-3H3. The average Bonchev–Trinajstić information content (AvgIpc) is 3.87. The van der Waals surface area contributed by atoms with Crippen LogP contribution < -0.4 is 0 Å². The van der Waals surface area contributed by atoms with Crippen LogP contribution in [0.5, 0.6) is 0 Å². The van der Waals surface area contributed by atoms with E-state index in [0.717, 1.165) is 28.2 Å². The Bertz CT molecular complexity index is 3040. The third-order valence-corrected chi connectivity index (χ3v) is 11.3. The maximum absolute atomic E-state index is 4.85. The van der Waals surface area contributed by atoms with Gasteiger partial charge >= 0.3 is 0 Å². The van der Waals surface area contributed by atoms with E-state index < -0.39 is 0 Å². The van der Waals surface area contributed by atoms with Crippen molar-refractivity contribution in [1.29, 1.82) is 0 Å². The lowest BCUT2D eigenvalue weighted by Crippen LogP contribution is -2.15. The van der Waals surface area contributed by atoms with E-state index in [9.17, 15) is 0 Å². The van der Waals surface area contributed by atoms with Crippen LogP contribution in [0, 0.1) is 6.92 Å². The highest BCUT2D eigenvalue weighted by Crippen LogP contribution is 2.58. The van der Waals surface area contributed by atoms with Crippen LogP contribution >= 0.6 is 0 Å². The van der Waals surface area contributed by atoms with E-state index >= 15 is 0 Å². The fourth-order valence-corrected chi connectivity index (χ4v) is 9.29. The maximum Gasteiger partial charge on any atom is 0.111 e. The molecule has 4 nitrogen and oxygen atoms in total. The minimum absolute atomic E-state index is 0.213. The molecule has 4 heteroatoms. The highest BCUT2D eigenvalue weighted by Gasteiger charge is 2.41. The Hall–Kier alpha value is -6.39. The van der Waals surface area contributed by atoms with E-state index in [1.54, 1.807) is 0 Å². The van der Waals surface area contributed by atoms with Crippen molar-refractivity contribution < 1.29 is 0 Å². The van der Waals surface area contributed by atoms with Crippen molar-refractivity contribution in [3.63, 3.8) is 0 Å². The summed E-state index contributed by atoms with van der Waals surface area (Å²) in [5.41, 5.74) is 15.7. The maximum atomic E-state index is 4.85. The lowest BCUT2D eigenvalue weighted by atomic mass is 9.80. The molecule has 0 aliphatic heterocycles. The van der Waals surface area contributed by atoms with Crippen LogP contribution in [-0.4, -0.2) is 18.7 Å². The molecule has 0 saturated heterocycles. The van der Waals surface area contributed by atoms with E-state index in [1.165, 1.54) is 71.6 Å². The van der Waals surface area contributed by atoms with E-state index in [2.05, 4.69) is 186 Å². The van der Waals surface area contributed by atoms with Crippen LogP contribution in [0.4, 0.5) is 0 Å². The van der Waals surface area contributed by atoms with Gasteiger partial charge in [0.05, 0.1) is 33.1 Å². The second kappa shape index (κ2) is 10.1. The zero-order valence-corrected chi connectivity index (χ0v) is 28.7. The minimum atomic E-state index is -0.213. The van der Waals surface area contributed by atoms with Gasteiger partial charge in [-0.2, -0.15) is 0 Å². The fraction of sp³-hybridized carbons (Fsp3) is 0.0851. The zero-order chi connectivity index (χ0) is 34.0. The molecule has 0 radical (unpaired) electrons. The molecule has 0 bridgehead atoms. The summed E-state index contributed by atoms with van der Waals surface area (Å²) in [6, 6.07) is 55.3. The van der Waals surface area contributed by atoms with Crippen LogP contribution in [0.2, 0.25) is 0 Å². The summed E-state index contributed by atoms with van der Waals surface area (Å²) in [6.07, 6.45) is 0. The second-order valence-corrected chi connectivity index (χ2v) is 14.4. The minimum Gasteiger partial charge on any atom is -0.309 e. The van der Waals surface area contributed by atoms with E-state index in [4.69, 9.17) is 4.98 Å². The van der Waals surface area contributed by atoms with Gasteiger partial charge in [0.15, 0.2) is 0 Å². The second-order valence-electron chi connectivity index (χ2n) is 14.4. The summed E-state index contributed by atoms with van der Waals surface area (Å²) < 4.78 is 7.29. The molecule has 3 heterocycles. The Kier molecular flexibility index (Phi) is 5.63. The molecular formula is C47H34N4. The first-order valence-corrected chi connectivity index (χ1v) is 17.8. The molecule has 51 heavy (non-hydrogen) atoms. The number of benzene rings is 7. The van der Waals surface area contributed by atoms with Crippen LogP contribution in [-0.2, 0) is 5.41 Å². The zero-order valence-electron chi connectivity index (χ0n) is 28.7. The third-order valence-electron chi connectivity index (χ3n) is 11.3. The van der Waals surface area contributed by atoms with Gasteiger partial charge in [-0.25, -0.2) is 4.98 Å². The van der Waals surface area contributed by atoms with Gasteiger partial charge in [0.25, 0.3) is 0 Å². The molecule has 10 aromatic rings. The number of aromatic nitrogens is 4. The Morgan fingerprint density at radius 2 is 1.00 bits per heavy atom. The molecule has 1 aliphatic carbocycles. The highest BCUT2D eigenvalue weighted by atomic mass is 15.1. The van der Waals surface area contributed by atoms with Gasteiger partial charge in [-0.1, -0.05) is 105 Å². The molecule has 3 aromatic heterocycles. The van der Waals surface area contributed by atoms with Gasteiger partial charge < -0.3 is 9.13 Å². The summed E-state index contributed by atoms with van der Waals surface area (Å²) in [7, 11) is 0. The topological polar surface area (TPSA) is 27.7 Å². The fourth-order valence-electron chi connectivity index (χ4n) is 9.29. The van der Waals surface area contributed by atoms with Crippen molar-refractivity contribution in [2.24, 2.45) is 0 Å². The Morgan fingerprint density at radius 3 is 1.73 bits per heavy atom. The average molecular weight is 655 g/mol. The van der Waals surface area contributed by atoms with Crippen LogP contribution in [0.3, 0.4) is 0 Å². The Morgan fingerprint density at radius 1 is 0.471 bits per heavy atom. The molecule has 0 saturated carbocycles. The van der Waals surface area contributed by atoms with E-state index in [-0.39, 0.29) is 5.41 Å². The molecule has 0 spiro atoms. The number of rotatable bonds is 3. The largest absolute Gasteiger partial charge is 0.309 e. The quantitative estimate of drug-likeness (QED) is 0.186. The predicted molar refractivity (Wildman–Crippen MR) is 212 cm³/mol. The van der Waals surface area contributed by atoms with Crippen molar-refractivity contribution in [2.75, 3.05) is 0 Å². The monoisotopic (exact) mass is 654 g/mol. The Labute approximate surface area is 295 Å². The molecule has 0 amide bonds. The van der Waals surface area contributed by atoms with Gasteiger partial charge in [0.1, 0.15) is 5.82 Å². The molecule has 0 atom stereocenters. The van der Waals surface area contributed by atoms with E-state index in [1.807, 2.05) is 0 Å². The predicted octanol–water partition coefficient (Wildman–Crippen LogP) is 11.8. The van der Waals surface area contributed by atoms with Crippen molar-refractivity contribution in [3.8, 4) is 28.2 Å². The lowest BCUT2D eigenvalue weighted by Gasteiger charge is -2.23. The summed E-state index contributed by atoms with van der Waals surface area (Å²) in [4.78, 5) is 4.85. The van der Waals surface area contributed by atoms with Gasteiger partial charge in [-0.3, -0.25) is 4.57 Å².